The summed E-state index contributed by atoms with van der Waals surface area (Å²) in [7, 11) is 0. The maximum absolute atomic E-state index is 13.5. The number of hydrogen-bond acceptors (Lipinski definition) is 2. The van der Waals surface area contributed by atoms with Crippen molar-refractivity contribution in [3.8, 4) is 5.69 Å². The first kappa shape index (κ1) is 16.5. The van der Waals surface area contributed by atoms with E-state index in [9.17, 15) is 22.4 Å². The van der Waals surface area contributed by atoms with Gasteiger partial charge in [-0.3, -0.25) is 4.79 Å². The van der Waals surface area contributed by atoms with Crippen LogP contribution in [0, 0.1) is 5.82 Å². The van der Waals surface area contributed by atoms with Crippen molar-refractivity contribution in [2.45, 2.75) is 25.4 Å². The summed E-state index contributed by atoms with van der Waals surface area (Å²) < 4.78 is 54.5. The number of hydrogen-bond donors (Lipinski definition) is 0. The van der Waals surface area contributed by atoms with Crippen LogP contribution in [0.3, 0.4) is 0 Å². The molecule has 1 amide bonds. The number of benzene rings is 1. The number of piperidine rings is 1. The van der Waals surface area contributed by atoms with Gasteiger partial charge in [0.25, 0.3) is 5.91 Å². The average Bonchev–Trinajstić information content (AvgIpc) is 3.00. The molecule has 4 nitrogen and oxygen atoms in total. The van der Waals surface area contributed by atoms with Gasteiger partial charge in [0.15, 0.2) is 5.69 Å². The molecular formula is C16H15F4N3O. The van der Waals surface area contributed by atoms with Crippen molar-refractivity contribution < 1.29 is 22.4 Å². The third-order valence-electron chi connectivity index (χ3n) is 3.96. The Morgan fingerprint density at radius 2 is 1.83 bits per heavy atom. The highest BCUT2D eigenvalue weighted by Gasteiger charge is 2.41. The molecule has 8 heteroatoms. The summed E-state index contributed by atoms with van der Waals surface area (Å²) in [6.07, 6.45) is -1.39. The zero-order valence-corrected chi connectivity index (χ0v) is 12.7. The van der Waals surface area contributed by atoms with E-state index in [1.807, 2.05) is 0 Å². The van der Waals surface area contributed by atoms with Gasteiger partial charge in [0, 0.05) is 13.1 Å². The van der Waals surface area contributed by atoms with Gasteiger partial charge in [-0.25, -0.2) is 9.07 Å². The smallest absolute Gasteiger partial charge is 0.339 e. The highest BCUT2D eigenvalue weighted by molar-refractivity contribution is 5.95. The number of rotatable bonds is 2. The summed E-state index contributed by atoms with van der Waals surface area (Å²) in [5.41, 5.74) is -1.77. The summed E-state index contributed by atoms with van der Waals surface area (Å²) in [6, 6.07) is 4.66. The Kier molecular flexibility index (Phi) is 4.29. The fourth-order valence-corrected chi connectivity index (χ4v) is 2.85. The van der Waals surface area contributed by atoms with Gasteiger partial charge in [-0.1, -0.05) is 6.07 Å². The van der Waals surface area contributed by atoms with Crippen LogP contribution >= 0.6 is 0 Å². The lowest BCUT2D eigenvalue weighted by Crippen LogP contribution is -2.36. The van der Waals surface area contributed by atoms with Crippen LogP contribution in [0.25, 0.3) is 5.69 Å². The molecule has 0 aliphatic carbocycles. The lowest BCUT2D eigenvalue weighted by molar-refractivity contribution is -0.143. The Morgan fingerprint density at radius 3 is 2.46 bits per heavy atom. The molecule has 2 aromatic rings. The van der Waals surface area contributed by atoms with E-state index in [1.165, 1.54) is 17.0 Å². The Bertz CT molecular complexity index is 748. The molecular weight excluding hydrogens is 326 g/mol. The van der Waals surface area contributed by atoms with Gasteiger partial charge in [0.2, 0.25) is 0 Å². The maximum Gasteiger partial charge on any atom is 0.434 e. The van der Waals surface area contributed by atoms with Crippen molar-refractivity contribution in [2.24, 2.45) is 0 Å². The van der Waals surface area contributed by atoms with Crippen molar-refractivity contribution in [1.82, 2.24) is 14.7 Å². The standard InChI is InChI=1S/C16H15F4N3O/c17-11-5-4-6-12(9-11)23-14(16(18,19)20)13(10-21-23)15(24)22-7-2-1-3-8-22/h4-6,9-10H,1-3,7-8H2. The highest BCUT2D eigenvalue weighted by atomic mass is 19.4. The van der Waals surface area contributed by atoms with E-state index in [4.69, 9.17) is 0 Å². The fraction of sp³-hybridized carbons (Fsp3) is 0.375. The summed E-state index contributed by atoms with van der Waals surface area (Å²) >= 11 is 0. The number of alkyl halides is 3. The van der Waals surface area contributed by atoms with Crippen LogP contribution in [-0.4, -0.2) is 33.7 Å². The minimum atomic E-state index is -4.79. The first-order chi connectivity index (χ1) is 11.4. The Morgan fingerprint density at radius 1 is 1.12 bits per heavy atom. The van der Waals surface area contributed by atoms with Gasteiger partial charge in [0.05, 0.1) is 17.4 Å². The van der Waals surface area contributed by atoms with Gasteiger partial charge in [-0.15, -0.1) is 0 Å². The van der Waals surface area contributed by atoms with Gasteiger partial charge in [-0.05, 0) is 37.5 Å². The molecule has 1 aromatic carbocycles. The molecule has 0 unspecified atom stereocenters. The first-order valence-electron chi connectivity index (χ1n) is 7.58. The Hall–Kier alpha value is -2.38. The summed E-state index contributed by atoms with van der Waals surface area (Å²) in [6.45, 7) is 0.864. The second-order valence-electron chi connectivity index (χ2n) is 5.65. The number of halogens is 4. The van der Waals surface area contributed by atoms with E-state index in [1.54, 1.807) is 0 Å². The molecule has 3 rings (SSSR count). The minimum absolute atomic E-state index is 0.0833. The first-order valence-corrected chi connectivity index (χ1v) is 7.58. The molecule has 24 heavy (non-hydrogen) atoms. The maximum atomic E-state index is 13.5. The number of amides is 1. The minimum Gasteiger partial charge on any atom is -0.339 e. The Balaban J connectivity index is 2.06. The SMILES string of the molecule is O=C(c1cnn(-c2cccc(F)c2)c1C(F)(F)F)N1CCCCC1. The van der Waals surface area contributed by atoms with Crippen LogP contribution in [0.5, 0.6) is 0 Å². The summed E-state index contributed by atoms with van der Waals surface area (Å²) in [4.78, 5) is 13.9. The molecule has 1 fully saturated rings. The monoisotopic (exact) mass is 341 g/mol. The van der Waals surface area contributed by atoms with E-state index in [-0.39, 0.29) is 5.69 Å². The zero-order chi connectivity index (χ0) is 17.3. The van der Waals surface area contributed by atoms with Crippen molar-refractivity contribution in [3.63, 3.8) is 0 Å². The molecule has 0 bridgehead atoms. The Labute approximate surface area is 135 Å². The van der Waals surface area contributed by atoms with Crippen molar-refractivity contribution in [2.75, 3.05) is 13.1 Å². The molecule has 1 aliphatic heterocycles. The molecule has 128 valence electrons. The summed E-state index contributed by atoms with van der Waals surface area (Å²) in [5, 5.41) is 3.69. The van der Waals surface area contributed by atoms with Gasteiger partial charge in [0.1, 0.15) is 5.82 Å². The number of carbonyl (C=O) groups excluding carboxylic acids is 1. The predicted molar refractivity (Wildman–Crippen MR) is 78.3 cm³/mol. The lowest BCUT2D eigenvalue weighted by Gasteiger charge is -2.26. The van der Waals surface area contributed by atoms with Crippen LogP contribution in [0.4, 0.5) is 17.6 Å². The quantitative estimate of drug-likeness (QED) is 0.782. The molecule has 1 aliphatic rings. The third kappa shape index (κ3) is 3.13. The van der Waals surface area contributed by atoms with Gasteiger partial charge in [-0.2, -0.15) is 18.3 Å². The average molecular weight is 341 g/mol. The number of aromatic nitrogens is 2. The third-order valence-corrected chi connectivity index (χ3v) is 3.96. The molecule has 2 heterocycles. The van der Waals surface area contributed by atoms with Gasteiger partial charge < -0.3 is 4.90 Å². The second-order valence-corrected chi connectivity index (χ2v) is 5.65. The van der Waals surface area contributed by atoms with E-state index >= 15 is 0 Å². The van der Waals surface area contributed by atoms with Crippen molar-refractivity contribution in [1.29, 1.82) is 0 Å². The molecule has 0 N–H and O–H groups in total. The molecule has 0 spiro atoms. The van der Waals surface area contributed by atoms with Crippen LogP contribution in [0.1, 0.15) is 35.3 Å². The van der Waals surface area contributed by atoms with Crippen molar-refractivity contribution in [3.05, 3.63) is 47.5 Å². The normalized spacial score (nSPS) is 15.6. The molecule has 0 radical (unpaired) electrons. The zero-order valence-electron chi connectivity index (χ0n) is 12.7. The van der Waals surface area contributed by atoms with Crippen LogP contribution in [0.2, 0.25) is 0 Å². The number of likely N-dealkylation sites (tertiary alicyclic amines) is 1. The molecule has 1 saturated heterocycles. The van der Waals surface area contributed by atoms with E-state index in [0.717, 1.165) is 37.6 Å². The predicted octanol–water partition coefficient (Wildman–Crippen LogP) is 3.66. The molecule has 0 atom stereocenters. The van der Waals surface area contributed by atoms with Gasteiger partial charge >= 0.3 is 6.18 Å². The molecule has 0 saturated carbocycles. The topological polar surface area (TPSA) is 38.1 Å². The van der Waals surface area contributed by atoms with E-state index in [2.05, 4.69) is 5.10 Å². The fourth-order valence-electron chi connectivity index (χ4n) is 2.85. The molecule has 1 aromatic heterocycles. The second kappa shape index (κ2) is 6.26. The van der Waals surface area contributed by atoms with Crippen LogP contribution < -0.4 is 0 Å². The van der Waals surface area contributed by atoms with E-state index in [0.29, 0.717) is 17.8 Å². The number of nitrogens with zero attached hydrogens (tertiary/aromatic N) is 3. The largest absolute Gasteiger partial charge is 0.434 e. The van der Waals surface area contributed by atoms with Crippen molar-refractivity contribution >= 4 is 5.91 Å². The highest BCUT2D eigenvalue weighted by Crippen LogP contribution is 2.34. The van der Waals surface area contributed by atoms with E-state index < -0.39 is 29.2 Å². The summed E-state index contributed by atoms with van der Waals surface area (Å²) in [5.74, 6) is -1.37. The van der Waals surface area contributed by atoms with Crippen LogP contribution in [-0.2, 0) is 6.18 Å². The number of carbonyl (C=O) groups is 1. The van der Waals surface area contributed by atoms with Crippen LogP contribution in [0.15, 0.2) is 30.5 Å². The lowest BCUT2D eigenvalue weighted by atomic mass is 10.1.